The highest BCUT2D eigenvalue weighted by atomic mass is 32.2. The average molecular weight is 508 g/mol. The first-order valence-electron chi connectivity index (χ1n) is 12.1. The van der Waals surface area contributed by atoms with Gasteiger partial charge in [-0.2, -0.15) is 0 Å². The Labute approximate surface area is 213 Å². The molecule has 1 aromatic heterocycles. The largest absolute Gasteiger partial charge is 0.494 e. The lowest BCUT2D eigenvalue weighted by atomic mass is 9.85. The Hall–Kier alpha value is -2.71. The lowest BCUT2D eigenvalue weighted by Crippen LogP contribution is -2.29. The molecule has 3 aromatic rings. The van der Waals surface area contributed by atoms with E-state index in [1.807, 2.05) is 62.4 Å². The Kier molecular flexibility index (Phi) is 7.20. The summed E-state index contributed by atoms with van der Waals surface area (Å²) >= 11 is 3.05. The summed E-state index contributed by atoms with van der Waals surface area (Å²) in [6.45, 7) is 4.54. The second-order valence-electron chi connectivity index (χ2n) is 8.93. The number of amides is 1. The second-order valence-corrected chi connectivity index (χ2v) is 11.1. The minimum Gasteiger partial charge on any atom is -0.494 e. The van der Waals surface area contributed by atoms with E-state index in [2.05, 4.69) is 5.32 Å². The molecule has 8 heteroatoms. The van der Waals surface area contributed by atoms with Gasteiger partial charge in [0.15, 0.2) is 5.16 Å². The van der Waals surface area contributed by atoms with Gasteiger partial charge in [0.25, 0.3) is 5.56 Å². The quantitative estimate of drug-likeness (QED) is 0.247. The molecule has 2 atom stereocenters. The van der Waals surface area contributed by atoms with E-state index in [0.29, 0.717) is 22.7 Å². The predicted octanol–water partition coefficient (Wildman–Crippen LogP) is 5.80. The molecule has 1 aliphatic carbocycles. The van der Waals surface area contributed by atoms with E-state index in [4.69, 9.17) is 9.72 Å². The summed E-state index contributed by atoms with van der Waals surface area (Å²) in [4.78, 5) is 31.5. The van der Waals surface area contributed by atoms with Gasteiger partial charge in [0, 0.05) is 16.9 Å². The number of hydrogen-bond acceptors (Lipinski definition) is 6. The van der Waals surface area contributed by atoms with Crippen molar-refractivity contribution in [3.05, 3.63) is 70.0 Å². The molecular formula is C27H29N3O3S2. The maximum Gasteiger partial charge on any atom is 0.263 e. The Morgan fingerprint density at radius 2 is 2.00 bits per heavy atom. The average Bonchev–Trinajstić information content (AvgIpc) is 3.23. The van der Waals surface area contributed by atoms with Crippen molar-refractivity contribution in [2.75, 3.05) is 17.7 Å². The number of aryl methyl sites for hydroxylation is 1. The molecule has 182 valence electrons. The highest BCUT2D eigenvalue weighted by molar-refractivity contribution is 8.00. The standard InChI is InChI=1S/C27H29N3O3S2/c1-3-33-20-13-11-18(12-14-20)28-23(31)16-34-27-29-25-24(21-9-4-5-10-22(21)35-25)26(32)30(27)19-8-6-7-17(2)15-19/h6-8,11-15,21-22H,3-5,9-10,16H2,1-2H3,(H,28,31). The van der Waals surface area contributed by atoms with Gasteiger partial charge in [0.2, 0.25) is 5.91 Å². The van der Waals surface area contributed by atoms with Crippen molar-refractivity contribution in [1.82, 2.24) is 9.55 Å². The number of hydrogen-bond donors (Lipinski definition) is 1. The summed E-state index contributed by atoms with van der Waals surface area (Å²) in [5.74, 6) is 1.05. The molecule has 1 fully saturated rings. The van der Waals surface area contributed by atoms with E-state index in [1.165, 1.54) is 18.2 Å². The molecule has 2 unspecified atom stereocenters. The summed E-state index contributed by atoms with van der Waals surface area (Å²) in [6.07, 6.45) is 4.55. The molecule has 1 N–H and O–H groups in total. The maximum atomic E-state index is 13.9. The monoisotopic (exact) mass is 507 g/mol. The minimum absolute atomic E-state index is 0.0110. The summed E-state index contributed by atoms with van der Waals surface area (Å²) < 4.78 is 7.16. The topological polar surface area (TPSA) is 73.2 Å². The Balaban J connectivity index is 1.41. The van der Waals surface area contributed by atoms with Crippen LogP contribution >= 0.6 is 23.5 Å². The van der Waals surface area contributed by atoms with Gasteiger partial charge < -0.3 is 10.1 Å². The van der Waals surface area contributed by atoms with Crippen molar-refractivity contribution < 1.29 is 9.53 Å². The van der Waals surface area contributed by atoms with Crippen LogP contribution in [0.2, 0.25) is 0 Å². The van der Waals surface area contributed by atoms with Crippen LogP contribution < -0.4 is 15.6 Å². The number of fused-ring (bicyclic) bond motifs is 3. The lowest BCUT2D eigenvalue weighted by Gasteiger charge is -2.24. The van der Waals surface area contributed by atoms with Gasteiger partial charge in [-0.25, -0.2) is 4.98 Å². The second kappa shape index (κ2) is 10.5. The molecule has 0 radical (unpaired) electrons. The van der Waals surface area contributed by atoms with E-state index in [9.17, 15) is 9.59 Å². The van der Waals surface area contributed by atoms with E-state index < -0.39 is 0 Å². The summed E-state index contributed by atoms with van der Waals surface area (Å²) in [5, 5.41) is 4.77. The first-order chi connectivity index (χ1) is 17.0. The van der Waals surface area contributed by atoms with E-state index in [0.717, 1.165) is 46.9 Å². The van der Waals surface area contributed by atoms with Crippen LogP contribution in [0.1, 0.15) is 49.7 Å². The van der Waals surface area contributed by atoms with Crippen molar-refractivity contribution in [2.24, 2.45) is 0 Å². The summed E-state index contributed by atoms with van der Waals surface area (Å²) in [5.41, 5.74) is 3.45. The molecule has 2 heterocycles. The molecule has 2 aliphatic rings. The van der Waals surface area contributed by atoms with Crippen LogP contribution in [0.4, 0.5) is 5.69 Å². The fourth-order valence-corrected chi connectivity index (χ4v) is 7.21. The number of nitrogens with zero attached hydrogens (tertiary/aromatic N) is 2. The van der Waals surface area contributed by atoms with Crippen molar-refractivity contribution >= 4 is 35.1 Å². The number of aromatic nitrogens is 2. The van der Waals surface area contributed by atoms with Crippen LogP contribution in [0.15, 0.2) is 63.5 Å². The van der Waals surface area contributed by atoms with Gasteiger partial charge in [-0.3, -0.25) is 14.2 Å². The number of carbonyl (C=O) groups is 1. The number of rotatable bonds is 7. The molecule has 1 amide bonds. The van der Waals surface area contributed by atoms with Crippen LogP contribution in [0.25, 0.3) is 5.69 Å². The summed E-state index contributed by atoms with van der Waals surface area (Å²) in [6, 6.07) is 15.2. The van der Waals surface area contributed by atoms with Gasteiger partial charge in [-0.05, 0) is 68.7 Å². The van der Waals surface area contributed by atoms with Gasteiger partial charge in [-0.1, -0.05) is 36.7 Å². The molecule has 5 rings (SSSR count). The summed E-state index contributed by atoms with van der Waals surface area (Å²) in [7, 11) is 0. The SMILES string of the molecule is CCOc1ccc(NC(=O)CSc2nc3c(c(=O)n2-c2cccc(C)c2)C2CCCCC2S3)cc1. The number of benzene rings is 2. The van der Waals surface area contributed by atoms with Crippen molar-refractivity contribution in [3.63, 3.8) is 0 Å². The van der Waals surface area contributed by atoms with Gasteiger partial charge in [0.1, 0.15) is 10.8 Å². The van der Waals surface area contributed by atoms with E-state index in [-0.39, 0.29) is 23.1 Å². The smallest absolute Gasteiger partial charge is 0.263 e. The molecule has 0 saturated heterocycles. The van der Waals surface area contributed by atoms with Crippen LogP contribution in [-0.4, -0.2) is 33.1 Å². The Bertz CT molecular complexity index is 1290. The van der Waals surface area contributed by atoms with Crippen molar-refractivity contribution in [1.29, 1.82) is 0 Å². The minimum atomic E-state index is -0.147. The zero-order valence-electron chi connectivity index (χ0n) is 20.0. The van der Waals surface area contributed by atoms with Crippen molar-refractivity contribution in [3.8, 4) is 11.4 Å². The lowest BCUT2D eigenvalue weighted by molar-refractivity contribution is -0.113. The molecular weight excluding hydrogens is 478 g/mol. The Morgan fingerprint density at radius 1 is 1.20 bits per heavy atom. The molecule has 0 spiro atoms. The van der Waals surface area contributed by atoms with Crippen LogP contribution in [-0.2, 0) is 4.79 Å². The fraction of sp³-hybridized carbons (Fsp3) is 0.370. The van der Waals surface area contributed by atoms with Crippen LogP contribution in [0.3, 0.4) is 0 Å². The highest BCUT2D eigenvalue weighted by Crippen LogP contribution is 2.50. The number of carbonyl (C=O) groups excluding carboxylic acids is 1. The number of ether oxygens (including phenoxy) is 1. The first kappa shape index (κ1) is 24.0. The first-order valence-corrected chi connectivity index (χ1v) is 14.0. The zero-order chi connectivity index (χ0) is 24.4. The third-order valence-corrected chi connectivity index (χ3v) is 8.77. The third kappa shape index (κ3) is 5.14. The molecule has 1 saturated carbocycles. The van der Waals surface area contributed by atoms with Crippen molar-refractivity contribution in [2.45, 2.75) is 60.9 Å². The predicted molar refractivity (Wildman–Crippen MR) is 142 cm³/mol. The normalized spacial score (nSPS) is 18.6. The zero-order valence-corrected chi connectivity index (χ0v) is 21.6. The van der Waals surface area contributed by atoms with E-state index in [1.54, 1.807) is 16.3 Å². The van der Waals surface area contributed by atoms with Gasteiger partial charge in [0.05, 0.1) is 23.6 Å². The molecule has 35 heavy (non-hydrogen) atoms. The van der Waals surface area contributed by atoms with Crippen LogP contribution in [0, 0.1) is 6.92 Å². The molecule has 1 aliphatic heterocycles. The van der Waals surface area contributed by atoms with Gasteiger partial charge in [-0.15, -0.1) is 11.8 Å². The van der Waals surface area contributed by atoms with Gasteiger partial charge >= 0.3 is 0 Å². The Morgan fingerprint density at radius 3 is 2.77 bits per heavy atom. The number of thioether (sulfide) groups is 2. The molecule has 2 aromatic carbocycles. The molecule has 6 nitrogen and oxygen atoms in total. The fourth-order valence-electron chi connectivity index (χ4n) is 4.83. The maximum absolute atomic E-state index is 13.9. The third-order valence-electron chi connectivity index (χ3n) is 6.43. The van der Waals surface area contributed by atoms with E-state index >= 15 is 0 Å². The number of nitrogens with one attached hydrogen (secondary N) is 1. The highest BCUT2D eigenvalue weighted by Gasteiger charge is 2.39. The number of anilines is 1. The van der Waals surface area contributed by atoms with Crippen LogP contribution in [0.5, 0.6) is 5.75 Å². The molecule has 0 bridgehead atoms.